The number of hydrogen-bond donors (Lipinski definition) is 0. The lowest BCUT2D eigenvalue weighted by atomic mass is 10.1. The van der Waals surface area contributed by atoms with Crippen molar-refractivity contribution in [3.63, 3.8) is 0 Å². The van der Waals surface area contributed by atoms with E-state index in [-0.39, 0.29) is 23.4 Å². The Kier molecular flexibility index (Phi) is 5.81. The van der Waals surface area contributed by atoms with E-state index in [0.717, 1.165) is 32.5 Å². The third kappa shape index (κ3) is 4.49. The molecule has 1 aromatic carbocycles. The van der Waals surface area contributed by atoms with Crippen LogP contribution in [0.15, 0.2) is 24.3 Å². The average Bonchev–Trinajstić information content (AvgIpc) is 3.47. The van der Waals surface area contributed by atoms with Crippen molar-refractivity contribution in [2.24, 2.45) is 0 Å². The fourth-order valence-corrected chi connectivity index (χ4v) is 4.31. The molecule has 0 radical (unpaired) electrons. The first-order valence-corrected chi connectivity index (χ1v) is 10.5. The molecule has 2 fully saturated rings. The number of benzene rings is 1. The number of amides is 1. The molecule has 0 unspecified atom stereocenters. The highest BCUT2D eigenvalue weighted by atomic mass is 35.5. The van der Waals surface area contributed by atoms with Crippen LogP contribution in [0.4, 0.5) is 13.2 Å². The summed E-state index contributed by atoms with van der Waals surface area (Å²) in [5, 5.41) is 3.30. The van der Waals surface area contributed by atoms with Gasteiger partial charge in [0.1, 0.15) is 6.54 Å². The van der Waals surface area contributed by atoms with Gasteiger partial charge in [-0.2, -0.15) is 18.3 Å². The monoisotopic (exact) mass is 440 g/mol. The van der Waals surface area contributed by atoms with E-state index in [1.807, 2.05) is 12.1 Å². The van der Waals surface area contributed by atoms with Gasteiger partial charge in [-0.15, -0.1) is 0 Å². The first-order chi connectivity index (χ1) is 14.2. The number of aromatic nitrogens is 2. The maximum Gasteiger partial charge on any atom is 0.436 e. The van der Waals surface area contributed by atoms with Crippen LogP contribution in [0.5, 0.6) is 0 Å². The van der Waals surface area contributed by atoms with Gasteiger partial charge in [-0.3, -0.25) is 14.4 Å². The Balaban J connectivity index is 1.39. The molecule has 1 saturated heterocycles. The highest BCUT2D eigenvalue weighted by molar-refractivity contribution is 6.32. The molecule has 1 amide bonds. The second-order valence-corrected chi connectivity index (χ2v) is 8.44. The number of alkyl halides is 3. The van der Waals surface area contributed by atoms with Gasteiger partial charge in [-0.1, -0.05) is 35.9 Å². The predicted octanol–water partition coefficient (Wildman–Crippen LogP) is 4.09. The number of hydrogen-bond acceptors (Lipinski definition) is 3. The van der Waals surface area contributed by atoms with Crippen LogP contribution in [0.3, 0.4) is 0 Å². The third-order valence-electron chi connectivity index (χ3n) is 5.83. The molecule has 4 rings (SSSR count). The van der Waals surface area contributed by atoms with Crippen LogP contribution in [0, 0.1) is 6.92 Å². The Bertz CT molecular complexity index is 931. The quantitative estimate of drug-likeness (QED) is 0.703. The van der Waals surface area contributed by atoms with E-state index in [4.69, 9.17) is 11.6 Å². The molecule has 5 nitrogen and oxygen atoms in total. The van der Waals surface area contributed by atoms with Crippen molar-refractivity contribution >= 4 is 17.5 Å². The van der Waals surface area contributed by atoms with Crippen molar-refractivity contribution in [2.45, 2.75) is 44.9 Å². The zero-order valence-electron chi connectivity index (χ0n) is 16.8. The predicted molar refractivity (Wildman–Crippen MR) is 107 cm³/mol. The summed E-state index contributed by atoms with van der Waals surface area (Å²) in [6.07, 6.45) is -3.08. The van der Waals surface area contributed by atoms with Gasteiger partial charge in [0.2, 0.25) is 5.91 Å². The number of aryl methyl sites for hydroxylation is 1. The summed E-state index contributed by atoms with van der Waals surface area (Å²) in [5.41, 5.74) is 1.74. The van der Waals surface area contributed by atoms with E-state index in [1.54, 1.807) is 4.90 Å². The lowest BCUT2D eigenvalue weighted by Crippen LogP contribution is -2.49. The molecule has 162 valence electrons. The fourth-order valence-electron chi connectivity index (χ4n) is 3.91. The minimum absolute atomic E-state index is 0.0418. The summed E-state index contributed by atoms with van der Waals surface area (Å²) in [7, 11) is 0. The van der Waals surface area contributed by atoms with Crippen molar-refractivity contribution in [2.75, 3.05) is 26.2 Å². The summed E-state index contributed by atoms with van der Waals surface area (Å²) in [6, 6.07) is 8.21. The van der Waals surface area contributed by atoms with Crippen molar-refractivity contribution in [1.29, 1.82) is 0 Å². The topological polar surface area (TPSA) is 41.4 Å². The molecule has 0 N–H and O–H groups in total. The molecular weight excluding hydrogens is 417 g/mol. The maximum atomic E-state index is 13.2. The molecule has 2 aromatic rings. The summed E-state index contributed by atoms with van der Waals surface area (Å²) < 4.78 is 40.8. The zero-order valence-corrected chi connectivity index (χ0v) is 17.5. The van der Waals surface area contributed by atoms with Crippen LogP contribution in [0.1, 0.15) is 41.3 Å². The van der Waals surface area contributed by atoms with Crippen LogP contribution < -0.4 is 0 Å². The Labute approximate surface area is 178 Å². The number of nitrogens with zero attached hydrogens (tertiary/aromatic N) is 4. The second kappa shape index (κ2) is 8.23. The molecule has 9 heteroatoms. The Morgan fingerprint density at radius 1 is 1.17 bits per heavy atom. The van der Waals surface area contributed by atoms with Gasteiger partial charge >= 0.3 is 6.18 Å². The van der Waals surface area contributed by atoms with Gasteiger partial charge in [-0.05, 0) is 30.9 Å². The van der Waals surface area contributed by atoms with Crippen LogP contribution >= 0.6 is 11.6 Å². The Morgan fingerprint density at radius 2 is 1.83 bits per heavy atom. The van der Waals surface area contributed by atoms with E-state index in [1.165, 1.54) is 15.8 Å². The number of halogens is 4. The summed E-state index contributed by atoms with van der Waals surface area (Å²) in [6.45, 7) is 5.24. The van der Waals surface area contributed by atoms with Crippen LogP contribution in [0.25, 0.3) is 0 Å². The maximum absolute atomic E-state index is 13.2. The smallest absolute Gasteiger partial charge is 0.339 e. The summed E-state index contributed by atoms with van der Waals surface area (Å²) in [4.78, 5) is 16.8. The molecule has 1 aliphatic heterocycles. The van der Waals surface area contributed by atoms with E-state index < -0.39 is 11.9 Å². The molecule has 2 aliphatic rings. The first-order valence-electron chi connectivity index (χ1n) is 10.1. The molecule has 0 spiro atoms. The molecule has 1 aromatic heterocycles. The fraction of sp³-hybridized carbons (Fsp3) is 0.524. The van der Waals surface area contributed by atoms with Crippen LogP contribution in [-0.2, 0) is 24.1 Å². The summed E-state index contributed by atoms with van der Waals surface area (Å²) in [5.74, 6) is -0.264. The minimum Gasteiger partial charge on any atom is -0.339 e. The number of carbonyl (C=O) groups is 1. The van der Waals surface area contributed by atoms with Crippen LogP contribution in [0.2, 0.25) is 5.02 Å². The highest BCUT2D eigenvalue weighted by Crippen LogP contribution is 2.46. The number of carbonyl (C=O) groups excluding carboxylic acids is 1. The zero-order chi connectivity index (χ0) is 21.5. The minimum atomic E-state index is -4.63. The molecule has 0 atom stereocenters. The van der Waals surface area contributed by atoms with Crippen molar-refractivity contribution < 1.29 is 18.0 Å². The Morgan fingerprint density at radius 3 is 2.43 bits per heavy atom. The second-order valence-electron chi connectivity index (χ2n) is 8.06. The molecule has 2 heterocycles. The normalized spacial score (nSPS) is 18.1. The van der Waals surface area contributed by atoms with Gasteiger partial charge in [0.05, 0.1) is 10.7 Å². The number of piperazine rings is 1. The third-order valence-corrected chi connectivity index (χ3v) is 6.20. The number of rotatable bonds is 5. The molecule has 1 aliphatic carbocycles. The average molecular weight is 441 g/mol. The van der Waals surface area contributed by atoms with Crippen molar-refractivity contribution in [3.05, 3.63) is 51.8 Å². The van der Waals surface area contributed by atoms with Crippen molar-refractivity contribution in [3.8, 4) is 0 Å². The van der Waals surface area contributed by atoms with Crippen molar-refractivity contribution in [1.82, 2.24) is 19.6 Å². The van der Waals surface area contributed by atoms with E-state index >= 15 is 0 Å². The molecule has 0 bridgehead atoms. The SMILES string of the molecule is Cc1ccccc1CN1CCN(C(=O)Cn2nc(C(F)(F)F)c(Cl)c2C2CC2)CC1. The lowest BCUT2D eigenvalue weighted by Gasteiger charge is -2.35. The molecule has 30 heavy (non-hydrogen) atoms. The van der Waals surface area contributed by atoms with Gasteiger partial charge in [0.15, 0.2) is 5.69 Å². The molecular formula is C21H24ClF3N4O. The lowest BCUT2D eigenvalue weighted by molar-refractivity contribution is -0.142. The first kappa shape index (κ1) is 21.2. The van der Waals surface area contributed by atoms with Crippen LogP contribution in [-0.4, -0.2) is 51.7 Å². The van der Waals surface area contributed by atoms with E-state index in [2.05, 4.69) is 29.1 Å². The van der Waals surface area contributed by atoms with E-state index in [9.17, 15) is 18.0 Å². The molecule has 1 saturated carbocycles. The summed E-state index contributed by atoms with van der Waals surface area (Å²) >= 11 is 5.99. The van der Waals surface area contributed by atoms with Gasteiger partial charge in [0.25, 0.3) is 0 Å². The highest BCUT2D eigenvalue weighted by Gasteiger charge is 2.42. The van der Waals surface area contributed by atoms with Gasteiger partial charge in [-0.25, -0.2) is 0 Å². The largest absolute Gasteiger partial charge is 0.436 e. The van der Waals surface area contributed by atoms with E-state index in [0.29, 0.717) is 18.8 Å². The standard InChI is InChI=1S/C21H24ClF3N4O/c1-14-4-2-3-5-16(14)12-27-8-10-28(11-9-27)17(30)13-29-19(15-6-7-15)18(22)20(26-29)21(23,24)25/h2-5,15H,6-13H2,1H3. The van der Waals surface area contributed by atoms with Gasteiger partial charge in [0, 0.05) is 38.6 Å². The van der Waals surface area contributed by atoms with Gasteiger partial charge < -0.3 is 4.90 Å². The Hall–Kier alpha value is -2.06.